The summed E-state index contributed by atoms with van der Waals surface area (Å²) < 4.78 is 6.10. The maximum atomic E-state index is 11.9. The van der Waals surface area contributed by atoms with Gasteiger partial charge in [0.2, 0.25) is 5.91 Å². The van der Waals surface area contributed by atoms with E-state index in [1.165, 1.54) is 0 Å². The van der Waals surface area contributed by atoms with E-state index < -0.39 is 0 Å². The minimum atomic E-state index is 0. The second kappa shape index (κ2) is 10.0. The number of carbonyl (C=O) groups excluding carboxylic acids is 1. The average Bonchev–Trinajstić information content (AvgIpc) is 2.42. The number of likely N-dealkylation sites (N-methyl/N-ethyl adjacent to an activating group) is 2. The predicted octanol–water partition coefficient (Wildman–Crippen LogP) is 2.49. The number of rotatable bonds is 7. The zero-order valence-electron chi connectivity index (χ0n) is 12.1. The van der Waals surface area contributed by atoms with Gasteiger partial charge in [0.05, 0.1) is 11.6 Å². The van der Waals surface area contributed by atoms with Crippen molar-refractivity contribution in [1.29, 1.82) is 0 Å². The molecule has 4 nitrogen and oxygen atoms in total. The van der Waals surface area contributed by atoms with Gasteiger partial charge in [0, 0.05) is 26.6 Å². The van der Waals surface area contributed by atoms with E-state index in [1.54, 1.807) is 12.0 Å². The van der Waals surface area contributed by atoms with Crippen LogP contribution < -0.4 is 10.1 Å². The molecule has 1 rings (SSSR count). The fourth-order valence-corrected chi connectivity index (χ4v) is 2.30. The Morgan fingerprint density at radius 2 is 2.15 bits per heavy atom. The molecule has 0 aliphatic carbocycles. The molecule has 1 aromatic rings. The number of halogens is 2. The maximum absolute atomic E-state index is 11.9. The van der Waals surface area contributed by atoms with Crippen LogP contribution in [0.15, 0.2) is 22.7 Å². The van der Waals surface area contributed by atoms with Gasteiger partial charge in [-0.1, -0.05) is 6.07 Å². The van der Waals surface area contributed by atoms with Crippen LogP contribution in [0.25, 0.3) is 0 Å². The Bertz CT molecular complexity index is 430. The van der Waals surface area contributed by atoms with Gasteiger partial charge < -0.3 is 15.0 Å². The van der Waals surface area contributed by atoms with Crippen LogP contribution >= 0.6 is 28.3 Å². The summed E-state index contributed by atoms with van der Waals surface area (Å²) in [6.07, 6.45) is 1.27. The molecule has 1 amide bonds. The number of nitrogens with one attached hydrogen (secondary N) is 1. The largest absolute Gasteiger partial charge is 0.496 e. The second-order valence-electron chi connectivity index (χ2n) is 4.39. The van der Waals surface area contributed by atoms with Gasteiger partial charge in [-0.2, -0.15) is 0 Å². The Morgan fingerprint density at radius 3 is 2.70 bits per heavy atom. The van der Waals surface area contributed by atoms with Gasteiger partial charge in [-0.3, -0.25) is 4.79 Å². The van der Waals surface area contributed by atoms with Crippen molar-refractivity contribution < 1.29 is 9.53 Å². The van der Waals surface area contributed by atoms with Crippen molar-refractivity contribution in [3.8, 4) is 5.75 Å². The van der Waals surface area contributed by atoms with E-state index in [0.29, 0.717) is 6.42 Å². The summed E-state index contributed by atoms with van der Waals surface area (Å²) in [5.41, 5.74) is 1.13. The fourth-order valence-electron chi connectivity index (χ4n) is 1.71. The zero-order valence-corrected chi connectivity index (χ0v) is 14.5. The number of aryl methyl sites for hydroxylation is 1. The number of ether oxygens (including phenoxy) is 1. The van der Waals surface area contributed by atoms with E-state index in [2.05, 4.69) is 21.2 Å². The SMILES string of the molecule is CNCCN(C)C(=O)CCc1ccc(OC)c(Br)c1.Cl. The topological polar surface area (TPSA) is 41.6 Å². The molecule has 114 valence electrons. The van der Waals surface area contributed by atoms with Crippen molar-refractivity contribution in [3.05, 3.63) is 28.2 Å². The Balaban J connectivity index is 0.00000361. The first-order valence-electron chi connectivity index (χ1n) is 6.29. The highest BCUT2D eigenvalue weighted by molar-refractivity contribution is 9.10. The second-order valence-corrected chi connectivity index (χ2v) is 5.24. The standard InChI is InChI=1S/C14H21BrN2O2.ClH/c1-16-8-9-17(2)14(18)7-5-11-4-6-13(19-3)12(15)10-11;/h4,6,10,16H,5,7-9H2,1-3H3;1H. The Kier molecular flexibility index (Phi) is 9.63. The summed E-state index contributed by atoms with van der Waals surface area (Å²) in [4.78, 5) is 13.7. The van der Waals surface area contributed by atoms with Gasteiger partial charge in [-0.05, 0) is 47.1 Å². The molecule has 0 radical (unpaired) electrons. The third-order valence-electron chi connectivity index (χ3n) is 2.97. The molecule has 0 unspecified atom stereocenters. The van der Waals surface area contributed by atoms with E-state index in [0.717, 1.165) is 35.3 Å². The maximum Gasteiger partial charge on any atom is 0.222 e. The van der Waals surface area contributed by atoms with E-state index >= 15 is 0 Å². The van der Waals surface area contributed by atoms with Crippen LogP contribution in [0.4, 0.5) is 0 Å². The first-order chi connectivity index (χ1) is 9.08. The number of carbonyl (C=O) groups is 1. The molecule has 0 spiro atoms. The molecule has 0 fully saturated rings. The predicted molar refractivity (Wildman–Crippen MR) is 87.8 cm³/mol. The first kappa shape index (κ1) is 19.2. The van der Waals surface area contributed by atoms with Gasteiger partial charge in [-0.25, -0.2) is 0 Å². The number of hydrogen-bond acceptors (Lipinski definition) is 3. The summed E-state index contributed by atoms with van der Waals surface area (Å²) >= 11 is 3.45. The lowest BCUT2D eigenvalue weighted by atomic mass is 10.1. The average molecular weight is 366 g/mol. The monoisotopic (exact) mass is 364 g/mol. The van der Waals surface area contributed by atoms with Crippen LogP contribution in [-0.2, 0) is 11.2 Å². The fraction of sp³-hybridized carbons (Fsp3) is 0.500. The highest BCUT2D eigenvalue weighted by Crippen LogP contribution is 2.25. The minimum absolute atomic E-state index is 0. The molecular weight excluding hydrogens is 344 g/mol. The lowest BCUT2D eigenvalue weighted by Gasteiger charge is -2.16. The number of methoxy groups -OCH3 is 1. The van der Waals surface area contributed by atoms with Gasteiger partial charge >= 0.3 is 0 Å². The normalized spacial score (nSPS) is 9.80. The molecule has 0 saturated heterocycles. The summed E-state index contributed by atoms with van der Waals surface area (Å²) in [5, 5.41) is 3.03. The first-order valence-corrected chi connectivity index (χ1v) is 7.08. The van der Waals surface area contributed by atoms with Gasteiger partial charge in [0.15, 0.2) is 0 Å². The van der Waals surface area contributed by atoms with E-state index in [4.69, 9.17) is 4.74 Å². The quantitative estimate of drug-likeness (QED) is 0.807. The Hall–Kier alpha value is -0.780. The van der Waals surface area contributed by atoms with Crippen molar-refractivity contribution >= 4 is 34.2 Å². The third kappa shape index (κ3) is 6.11. The van der Waals surface area contributed by atoms with E-state index in [9.17, 15) is 4.79 Å². The van der Waals surface area contributed by atoms with E-state index in [-0.39, 0.29) is 18.3 Å². The zero-order chi connectivity index (χ0) is 14.3. The van der Waals surface area contributed by atoms with Crippen LogP contribution in [0.2, 0.25) is 0 Å². The van der Waals surface area contributed by atoms with Gasteiger partial charge in [-0.15, -0.1) is 12.4 Å². The van der Waals surface area contributed by atoms with Crippen LogP contribution in [-0.4, -0.2) is 45.1 Å². The molecule has 1 N–H and O–H groups in total. The molecule has 0 aliphatic heterocycles. The van der Waals surface area contributed by atoms with Crippen LogP contribution in [0.5, 0.6) is 5.75 Å². The van der Waals surface area contributed by atoms with Crippen molar-refractivity contribution in [2.45, 2.75) is 12.8 Å². The number of amides is 1. The van der Waals surface area contributed by atoms with Crippen molar-refractivity contribution in [2.75, 3.05) is 34.3 Å². The van der Waals surface area contributed by atoms with Crippen LogP contribution in [0.1, 0.15) is 12.0 Å². The highest BCUT2D eigenvalue weighted by Gasteiger charge is 2.09. The minimum Gasteiger partial charge on any atom is -0.496 e. The molecule has 0 bridgehead atoms. The molecule has 0 aromatic heterocycles. The van der Waals surface area contributed by atoms with Gasteiger partial charge in [0.1, 0.15) is 5.75 Å². The molecule has 20 heavy (non-hydrogen) atoms. The van der Waals surface area contributed by atoms with Crippen molar-refractivity contribution in [1.82, 2.24) is 10.2 Å². The smallest absolute Gasteiger partial charge is 0.222 e. The van der Waals surface area contributed by atoms with Crippen LogP contribution in [0.3, 0.4) is 0 Å². The lowest BCUT2D eigenvalue weighted by molar-refractivity contribution is -0.129. The Morgan fingerprint density at radius 1 is 1.45 bits per heavy atom. The number of hydrogen-bond donors (Lipinski definition) is 1. The lowest BCUT2D eigenvalue weighted by Crippen LogP contribution is -2.32. The molecule has 0 aliphatic rings. The molecule has 0 heterocycles. The molecule has 1 aromatic carbocycles. The van der Waals surface area contributed by atoms with Crippen LogP contribution in [0, 0.1) is 0 Å². The molecule has 6 heteroatoms. The number of benzene rings is 1. The van der Waals surface area contributed by atoms with Crippen molar-refractivity contribution in [2.24, 2.45) is 0 Å². The van der Waals surface area contributed by atoms with Crippen molar-refractivity contribution in [3.63, 3.8) is 0 Å². The molecule has 0 atom stereocenters. The Labute approximate surface area is 135 Å². The summed E-state index contributed by atoms with van der Waals surface area (Å²) in [6.45, 7) is 1.55. The van der Waals surface area contributed by atoms with Gasteiger partial charge in [0.25, 0.3) is 0 Å². The summed E-state index contributed by atoms with van der Waals surface area (Å²) in [7, 11) is 5.36. The van der Waals surface area contributed by atoms with E-state index in [1.807, 2.05) is 32.3 Å². The molecular formula is C14H22BrClN2O2. The summed E-state index contributed by atoms with van der Waals surface area (Å²) in [6, 6.07) is 5.90. The summed E-state index contributed by atoms with van der Waals surface area (Å²) in [5.74, 6) is 0.975. The highest BCUT2D eigenvalue weighted by atomic mass is 79.9. The third-order valence-corrected chi connectivity index (χ3v) is 3.59. The number of nitrogens with zero attached hydrogens (tertiary/aromatic N) is 1. The molecule has 0 saturated carbocycles.